The van der Waals surface area contributed by atoms with E-state index in [1.165, 1.54) is 0 Å². The number of aliphatic hydroxyl groups is 1. The van der Waals surface area contributed by atoms with Gasteiger partial charge < -0.3 is 19.2 Å². The van der Waals surface area contributed by atoms with Crippen LogP contribution in [0.3, 0.4) is 0 Å². The molecule has 0 aliphatic carbocycles. The highest BCUT2D eigenvalue weighted by atomic mass is 16.5. The van der Waals surface area contributed by atoms with Gasteiger partial charge in [-0.05, 0) is 45.3 Å². The predicted octanol–water partition coefficient (Wildman–Crippen LogP) is 2.84. The van der Waals surface area contributed by atoms with Crippen molar-refractivity contribution >= 4 is 34.5 Å². The van der Waals surface area contributed by atoms with E-state index in [1.54, 1.807) is 27.7 Å². The zero-order valence-corrected chi connectivity index (χ0v) is 13.8. The first-order valence-corrected chi connectivity index (χ1v) is 7.69. The summed E-state index contributed by atoms with van der Waals surface area (Å²) in [5, 5.41) is 22.6. The summed E-state index contributed by atoms with van der Waals surface area (Å²) in [4.78, 5) is 0. The van der Waals surface area contributed by atoms with Gasteiger partial charge in [-0.15, -0.1) is 0 Å². The van der Waals surface area contributed by atoms with Gasteiger partial charge in [0.15, 0.2) is 0 Å². The quantitative estimate of drug-likeness (QED) is 0.727. The van der Waals surface area contributed by atoms with Crippen LogP contribution in [0.2, 0.25) is 0 Å². The molecule has 0 unspecified atom stereocenters. The van der Waals surface area contributed by atoms with Gasteiger partial charge in [-0.25, -0.2) is 0 Å². The van der Waals surface area contributed by atoms with Gasteiger partial charge in [0.2, 0.25) is 0 Å². The van der Waals surface area contributed by atoms with Crippen LogP contribution in [0.1, 0.15) is 27.7 Å². The van der Waals surface area contributed by atoms with E-state index in [4.69, 9.17) is 9.07 Å². The largest absolute Gasteiger partial charge is 0.492 e. The molecule has 0 spiro atoms. The van der Waals surface area contributed by atoms with Crippen molar-refractivity contribution in [1.82, 2.24) is 0 Å². The van der Waals surface area contributed by atoms with Crippen molar-refractivity contribution in [2.24, 2.45) is 0 Å². The van der Waals surface area contributed by atoms with E-state index in [-0.39, 0.29) is 0 Å². The third-order valence-electron chi connectivity index (χ3n) is 4.58. The Morgan fingerprint density at radius 3 is 2.30 bits per heavy atom. The molecule has 0 radical (unpaired) electrons. The van der Waals surface area contributed by atoms with Crippen LogP contribution in [0.25, 0.3) is 21.9 Å². The van der Waals surface area contributed by atoms with E-state index >= 15 is 0 Å². The molecule has 23 heavy (non-hydrogen) atoms. The van der Waals surface area contributed by atoms with E-state index in [2.05, 4.69) is 0 Å². The third kappa shape index (κ3) is 2.76. The molecule has 0 saturated carbocycles. The van der Waals surface area contributed by atoms with Crippen molar-refractivity contribution in [1.29, 1.82) is 0 Å². The van der Waals surface area contributed by atoms with Gasteiger partial charge in [-0.1, -0.05) is 30.3 Å². The molecule has 4 nitrogen and oxygen atoms in total. The molecule has 0 saturated heterocycles. The first-order valence-electron chi connectivity index (χ1n) is 7.69. The van der Waals surface area contributed by atoms with Gasteiger partial charge in [0.25, 0.3) is 0 Å². The second-order valence-corrected chi connectivity index (χ2v) is 6.86. The molecule has 2 aromatic carbocycles. The Kier molecular flexibility index (Phi) is 3.75. The van der Waals surface area contributed by atoms with E-state index < -0.39 is 18.3 Å². The zero-order chi connectivity index (χ0) is 16.8. The predicted molar refractivity (Wildman–Crippen MR) is 92.8 cm³/mol. The lowest BCUT2D eigenvalue weighted by Crippen LogP contribution is -2.53. The first kappa shape index (κ1) is 16.1. The second kappa shape index (κ2) is 5.37. The molecule has 3 rings (SSSR count). The lowest BCUT2D eigenvalue weighted by Gasteiger charge is -2.38. The summed E-state index contributed by atoms with van der Waals surface area (Å²) in [6, 6.07) is 13.2. The minimum atomic E-state index is -1.17. The fraction of sp³-hybridized carbons (Fsp3) is 0.333. The van der Waals surface area contributed by atoms with E-state index in [1.807, 2.05) is 42.5 Å². The molecule has 0 atom stereocenters. The summed E-state index contributed by atoms with van der Waals surface area (Å²) in [6.45, 7) is 6.83. The Morgan fingerprint density at radius 2 is 1.61 bits per heavy atom. The Labute approximate surface area is 135 Å². The molecule has 0 bridgehead atoms. The van der Waals surface area contributed by atoms with Crippen LogP contribution in [0.5, 0.6) is 0 Å². The Balaban J connectivity index is 2.09. The summed E-state index contributed by atoms with van der Waals surface area (Å²) in [5.74, 6) is 0. The number of fused-ring (bicyclic) bond motifs is 3. The molecular formula is C18H21BO4. The van der Waals surface area contributed by atoms with Crippen LogP contribution in [-0.2, 0) is 4.65 Å². The molecule has 1 aromatic heterocycles. The molecule has 3 aromatic rings. The minimum Gasteiger partial charge on any atom is -0.456 e. The molecular weight excluding hydrogens is 291 g/mol. The second-order valence-electron chi connectivity index (χ2n) is 6.86. The highest BCUT2D eigenvalue weighted by molar-refractivity contribution is 6.64. The summed E-state index contributed by atoms with van der Waals surface area (Å²) in [7, 11) is -1.17. The molecule has 0 aliphatic heterocycles. The highest BCUT2D eigenvalue weighted by Gasteiger charge is 2.40. The van der Waals surface area contributed by atoms with Crippen molar-refractivity contribution < 1.29 is 19.2 Å². The summed E-state index contributed by atoms with van der Waals surface area (Å²) < 4.78 is 11.6. The van der Waals surface area contributed by atoms with Crippen LogP contribution in [0.4, 0.5) is 0 Å². The normalized spacial score (nSPS) is 13.0. The highest BCUT2D eigenvalue weighted by Crippen LogP contribution is 2.29. The topological polar surface area (TPSA) is 62.8 Å². The maximum absolute atomic E-state index is 10.6. The van der Waals surface area contributed by atoms with Gasteiger partial charge in [-0.2, -0.15) is 0 Å². The molecule has 0 amide bonds. The van der Waals surface area contributed by atoms with Gasteiger partial charge in [0.1, 0.15) is 11.2 Å². The number of benzene rings is 2. The minimum absolute atomic E-state index is 0.629. The summed E-state index contributed by atoms with van der Waals surface area (Å²) in [6.07, 6.45) is 0. The average Bonchev–Trinajstić information content (AvgIpc) is 2.83. The van der Waals surface area contributed by atoms with Crippen molar-refractivity contribution in [2.75, 3.05) is 0 Å². The average molecular weight is 312 g/mol. The van der Waals surface area contributed by atoms with Gasteiger partial charge in [-0.3, -0.25) is 0 Å². The zero-order valence-electron chi connectivity index (χ0n) is 13.8. The maximum Gasteiger partial charge on any atom is 0.492 e. The first-order chi connectivity index (χ1) is 10.7. The van der Waals surface area contributed by atoms with Crippen molar-refractivity contribution in [2.45, 2.75) is 38.9 Å². The standard InChI is InChI=1S/C18H21BO4/c1-17(2,20)18(3,4)23-19(21)13-9-7-11-15-16(13)12-8-5-6-10-14(12)22-15/h5-11,20-21H,1-4H3. The summed E-state index contributed by atoms with van der Waals surface area (Å²) >= 11 is 0. The lowest BCUT2D eigenvalue weighted by molar-refractivity contribution is -0.0982. The van der Waals surface area contributed by atoms with Gasteiger partial charge >= 0.3 is 7.12 Å². The maximum atomic E-state index is 10.6. The molecule has 1 heterocycles. The van der Waals surface area contributed by atoms with Gasteiger partial charge in [0, 0.05) is 10.8 Å². The number of rotatable bonds is 4. The van der Waals surface area contributed by atoms with E-state index in [9.17, 15) is 10.1 Å². The fourth-order valence-corrected chi connectivity index (χ4v) is 2.49. The number of furan rings is 1. The Bertz CT molecular complexity index is 845. The van der Waals surface area contributed by atoms with Crippen LogP contribution < -0.4 is 5.46 Å². The van der Waals surface area contributed by atoms with E-state index in [0.717, 1.165) is 16.4 Å². The SMILES string of the molecule is CC(C)(O)C(C)(C)OB(O)c1cccc2oc3ccccc3c12. The van der Waals surface area contributed by atoms with Crippen molar-refractivity contribution in [3.8, 4) is 0 Å². The smallest absolute Gasteiger partial charge is 0.456 e. The number of hydrogen-bond donors (Lipinski definition) is 2. The fourth-order valence-electron chi connectivity index (χ4n) is 2.49. The van der Waals surface area contributed by atoms with Gasteiger partial charge in [0.05, 0.1) is 11.2 Å². The molecule has 2 N–H and O–H groups in total. The number of para-hydroxylation sites is 1. The molecule has 0 aliphatic rings. The molecule has 120 valence electrons. The summed E-state index contributed by atoms with van der Waals surface area (Å²) in [5.41, 5.74) is 0.0788. The van der Waals surface area contributed by atoms with Crippen LogP contribution in [0.15, 0.2) is 46.9 Å². The molecule has 0 fully saturated rings. The van der Waals surface area contributed by atoms with Crippen molar-refractivity contribution in [3.63, 3.8) is 0 Å². The van der Waals surface area contributed by atoms with Crippen LogP contribution in [0, 0.1) is 0 Å². The Morgan fingerprint density at radius 1 is 0.957 bits per heavy atom. The monoisotopic (exact) mass is 312 g/mol. The van der Waals surface area contributed by atoms with Crippen LogP contribution >= 0.6 is 0 Å². The number of hydrogen-bond acceptors (Lipinski definition) is 4. The van der Waals surface area contributed by atoms with E-state index in [0.29, 0.717) is 11.0 Å². The molecule has 5 heteroatoms. The van der Waals surface area contributed by atoms with Crippen LogP contribution in [-0.4, -0.2) is 28.5 Å². The Hall–Kier alpha value is -1.82. The van der Waals surface area contributed by atoms with Crippen molar-refractivity contribution in [3.05, 3.63) is 42.5 Å². The third-order valence-corrected chi connectivity index (χ3v) is 4.58. The lowest BCUT2D eigenvalue weighted by atomic mass is 9.74.